The lowest BCUT2D eigenvalue weighted by Crippen LogP contribution is -2.53. The number of hydrogen-bond acceptors (Lipinski definition) is 6. The Hall–Kier alpha value is -2.46. The maximum absolute atomic E-state index is 13.4. The summed E-state index contributed by atoms with van der Waals surface area (Å²) in [6.45, 7) is 6.30. The van der Waals surface area contributed by atoms with Crippen molar-refractivity contribution < 1.29 is 22.7 Å². The number of hydrogen-bond donors (Lipinski definition) is 1. The first kappa shape index (κ1) is 21.8. The van der Waals surface area contributed by atoms with Crippen LogP contribution in [-0.2, 0) is 15.7 Å². The van der Waals surface area contributed by atoms with Crippen molar-refractivity contribution in [1.82, 2.24) is 20.2 Å². The number of amides is 1. The molecule has 10 heteroatoms. The Balaban J connectivity index is 1.52. The van der Waals surface area contributed by atoms with Gasteiger partial charge in [0.25, 0.3) is 0 Å². The zero-order chi connectivity index (χ0) is 22.0. The summed E-state index contributed by atoms with van der Waals surface area (Å²) in [5, 5.41) is 3.10. The molecule has 1 amide bonds. The molecule has 0 radical (unpaired) electrons. The second-order valence-corrected chi connectivity index (χ2v) is 8.28. The highest BCUT2D eigenvalue weighted by Gasteiger charge is 2.35. The van der Waals surface area contributed by atoms with Crippen molar-refractivity contribution in [2.75, 3.05) is 50.8 Å². The number of alkyl halides is 3. The number of ether oxygens (including phenoxy) is 1. The maximum Gasteiger partial charge on any atom is 0.418 e. The molecule has 0 spiro atoms. The minimum atomic E-state index is -4.50. The average Bonchev–Trinajstić information content (AvgIpc) is 2.72. The van der Waals surface area contributed by atoms with Gasteiger partial charge in [0.05, 0.1) is 31.0 Å². The predicted octanol–water partition coefficient (Wildman–Crippen LogP) is 2.31. The number of nitrogens with one attached hydrogen (secondary N) is 1. The van der Waals surface area contributed by atoms with Gasteiger partial charge in [0.2, 0.25) is 5.91 Å². The molecule has 0 aliphatic carbocycles. The fourth-order valence-corrected chi connectivity index (χ4v) is 4.42. The molecule has 4 rings (SSSR count). The normalized spacial score (nSPS) is 23.2. The second kappa shape index (κ2) is 8.96. The van der Waals surface area contributed by atoms with Crippen LogP contribution in [0.2, 0.25) is 0 Å². The average molecular weight is 437 g/mol. The number of carbonyl (C=O) groups excluding carboxylic acids is 1. The van der Waals surface area contributed by atoms with Gasteiger partial charge in [-0.2, -0.15) is 13.2 Å². The van der Waals surface area contributed by atoms with Crippen LogP contribution in [0.15, 0.2) is 24.5 Å². The summed E-state index contributed by atoms with van der Waals surface area (Å²) in [4.78, 5) is 24.8. The van der Waals surface area contributed by atoms with E-state index in [9.17, 15) is 18.0 Å². The summed E-state index contributed by atoms with van der Waals surface area (Å²) in [6.07, 6.45) is -1.01. The van der Waals surface area contributed by atoms with Gasteiger partial charge in [0, 0.05) is 44.6 Å². The molecule has 168 valence electrons. The molecular formula is C21H26F3N5O2. The van der Waals surface area contributed by atoms with Gasteiger partial charge in [-0.3, -0.25) is 19.7 Å². The van der Waals surface area contributed by atoms with E-state index in [1.165, 1.54) is 18.5 Å². The topological polar surface area (TPSA) is 70.6 Å². The van der Waals surface area contributed by atoms with Crippen LogP contribution in [0.5, 0.6) is 0 Å². The van der Waals surface area contributed by atoms with Crippen LogP contribution >= 0.6 is 0 Å². The zero-order valence-electron chi connectivity index (χ0n) is 17.4. The van der Waals surface area contributed by atoms with Gasteiger partial charge in [0.1, 0.15) is 11.0 Å². The summed E-state index contributed by atoms with van der Waals surface area (Å²) in [6, 6.07) is 2.44. The molecule has 1 aromatic carbocycles. The number of aromatic nitrogens is 2. The Labute approximate surface area is 178 Å². The standard InChI is InChI=1S/C21H26F3N5O2/c1-14-10-15(27-18(30)13-28-6-8-31-9-7-28)12-29(11-14)17-3-2-16(21(22,23)24)19-20(17)26-5-4-25-19/h2-5,14-15H,6-13H2,1H3,(H,27,30)/t14-,15-/m1/s1. The van der Waals surface area contributed by atoms with Gasteiger partial charge < -0.3 is 15.0 Å². The van der Waals surface area contributed by atoms with E-state index < -0.39 is 11.7 Å². The van der Waals surface area contributed by atoms with Crippen LogP contribution in [0.3, 0.4) is 0 Å². The van der Waals surface area contributed by atoms with Gasteiger partial charge in [-0.15, -0.1) is 0 Å². The Kier molecular flexibility index (Phi) is 6.29. The van der Waals surface area contributed by atoms with Crippen LogP contribution < -0.4 is 10.2 Å². The number of rotatable bonds is 4. The molecule has 2 atom stereocenters. The summed E-state index contributed by atoms with van der Waals surface area (Å²) in [5.74, 6) is 0.217. The van der Waals surface area contributed by atoms with Crippen molar-refractivity contribution >= 4 is 22.6 Å². The molecule has 2 aliphatic heterocycles. The second-order valence-electron chi connectivity index (χ2n) is 8.28. The third kappa shape index (κ3) is 5.07. The molecule has 0 unspecified atom stereocenters. The molecule has 1 N–H and O–H groups in total. The lowest BCUT2D eigenvalue weighted by atomic mass is 9.95. The fraction of sp³-hybridized carbons (Fsp3) is 0.571. The molecule has 2 aliphatic rings. The van der Waals surface area contributed by atoms with Crippen molar-refractivity contribution in [3.63, 3.8) is 0 Å². The Morgan fingerprint density at radius 1 is 1.16 bits per heavy atom. The number of anilines is 1. The monoisotopic (exact) mass is 437 g/mol. The molecule has 1 aromatic heterocycles. The van der Waals surface area contributed by atoms with E-state index in [0.717, 1.165) is 25.6 Å². The molecule has 2 aromatic rings. The lowest BCUT2D eigenvalue weighted by molar-refractivity contribution is -0.136. The van der Waals surface area contributed by atoms with Gasteiger partial charge >= 0.3 is 6.18 Å². The van der Waals surface area contributed by atoms with Crippen LogP contribution in [0.25, 0.3) is 11.0 Å². The molecule has 31 heavy (non-hydrogen) atoms. The maximum atomic E-state index is 13.4. The van der Waals surface area contributed by atoms with E-state index in [1.54, 1.807) is 0 Å². The molecule has 0 saturated carbocycles. The first-order chi connectivity index (χ1) is 14.8. The van der Waals surface area contributed by atoms with E-state index in [2.05, 4.69) is 27.1 Å². The minimum Gasteiger partial charge on any atom is -0.379 e. The van der Waals surface area contributed by atoms with Crippen molar-refractivity contribution in [2.24, 2.45) is 5.92 Å². The Morgan fingerprint density at radius 2 is 1.87 bits per heavy atom. The first-order valence-electron chi connectivity index (χ1n) is 10.5. The molecule has 7 nitrogen and oxygen atoms in total. The third-order valence-electron chi connectivity index (χ3n) is 5.75. The van der Waals surface area contributed by atoms with Gasteiger partial charge in [-0.25, -0.2) is 0 Å². The van der Waals surface area contributed by atoms with E-state index in [-0.39, 0.29) is 28.9 Å². The summed E-state index contributed by atoms with van der Waals surface area (Å²) in [5.41, 5.74) is -0.113. The van der Waals surface area contributed by atoms with Crippen molar-refractivity contribution in [2.45, 2.75) is 25.6 Å². The van der Waals surface area contributed by atoms with Crippen molar-refractivity contribution in [3.05, 3.63) is 30.1 Å². The van der Waals surface area contributed by atoms with E-state index in [4.69, 9.17) is 4.74 Å². The number of fused-ring (bicyclic) bond motifs is 1. The highest BCUT2D eigenvalue weighted by atomic mass is 19.4. The fourth-order valence-electron chi connectivity index (χ4n) is 4.42. The molecule has 2 saturated heterocycles. The highest BCUT2D eigenvalue weighted by Crippen LogP contribution is 2.37. The highest BCUT2D eigenvalue weighted by molar-refractivity contribution is 5.91. The van der Waals surface area contributed by atoms with E-state index >= 15 is 0 Å². The molecular weight excluding hydrogens is 411 g/mol. The van der Waals surface area contributed by atoms with E-state index in [1.807, 2.05) is 4.90 Å². The van der Waals surface area contributed by atoms with Gasteiger partial charge in [-0.1, -0.05) is 6.92 Å². The summed E-state index contributed by atoms with van der Waals surface area (Å²) in [7, 11) is 0. The SMILES string of the molecule is C[C@@H]1C[C@@H](NC(=O)CN2CCOCC2)CN(c2ccc(C(F)(F)F)c3nccnc23)C1. The van der Waals surface area contributed by atoms with Crippen LogP contribution in [0, 0.1) is 5.92 Å². The molecule has 2 fully saturated rings. The number of morpholine rings is 1. The van der Waals surface area contributed by atoms with Crippen molar-refractivity contribution in [3.8, 4) is 0 Å². The Morgan fingerprint density at radius 3 is 2.58 bits per heavy atom. The zero-order valence-corrected chi connectivity index (χ0v) is 17.4. The summed E-state index contributed by atoms with van der Waals surface area (Å²) < 4.78 is 45.5. The van der Waals surface area contributed by atoms with Crippen LogP contribution in [0.1, 0.15) is 18.9 Å². The quantitative estimate of drug-likeness (QED) is 0.792. The number of nitrogens with zero attached hydrogens (tertiary/aromatic N) is 4. The number of halogens is 3. The number of piperidine rings is 1. The minimum absolute atomic E-state index is 0.0435. The van der Waals surface area contributed by atoms with Crippen LogP contribution in [-0.4, -0.2) is 72.8 Å². The van der Waals surface area contributed by atoms with E-state index in [0.29, 0.717) is 38.5 Å². The lowest BCUT2D eigenvalue weighted by Gasteiger charge is -2.39. The Bertz CT molecular complexity index is 933. The number of carbonyl (C=O) groups is 1. The molecule has 3 heterocycles. The molecule has 0 bridgehead atoms. The smallest absolute Gasteiger partial charge is 0.379 e. The number of benzene rings is 1. The van der Waals surface area contributed by atoms with Crippen molar-refractivity contribution in [1.29, 1.82) is 0 Å². The third-order valence-corrected chi connectivity index (χ3v) is 5.75. The largest absolute Gasteiger partial charge is 0.418 e. The predicted molar refractivity (Wildman–Crippen MR) is 110 cm³/mol. The van der Waals surface area contributed by atoms with Crippen LogP contribution in [0.4, 0.5) is 18.9 Å². The van der Waals surface area contributed by atoms with Gasteiger partial charge in [0.15, 0.2) is 0 Å². The summed E-state index contributed by atoms with van der Waals surface area (Å²) >= 11 is 0. The van der Waals surface area contributed by atoms with Gasteiger partial charge in [-0.05, 0) is 24.5 Å². The first-order valence-corrected chi connectivity index (χ1v) is 10.5.